The highest BCUT2D eigenvalue weighted by molar-refractivity contribution is 9.10. The average molecular weight is 716 g/mol. The number of ether oxygens (including phenoxy) is 3. The minimum absolute atomic E-state index is 0.187. The molecule has 6 rings (SSSR count). The Hall–Kier alpha value is -4.44. The van der Waals surface area contributed by atoms with Gasteiger partial charge in [-0.1, -0.05) is 95.7 Å². The number of hydrogen-bond acceptors (Lipinski definition) is 7. The van der Waals surface area contributed by atoms with E-state index in [1.54, 1.807) is 24.7 Å². The number of methoxy groups -OCH3 is 1. The van der Waals surface area contributed by atoms with Crippen molar-refractivity contribution in [3.63, 3.8) is 0 Å². The Morgan fingerprint density at radius 2 is 1.72 bits per heavy atom. The van der Waals surface area contributed by atoms with Crippen molar-refractivity contribution in [2.24, 2.45) is 4.99 Å². The Labute approximate surface area is 282 Å². The van der Waals surface area contributed by atoms with E-state index in [4.69, 9.17) is 30.8 Å². The maximum Gasteiger partial charge on any atom is 0.338 e. The second kappa shape index (κ2) is 13.9. The number of esters is 1. The maximum absolute atomic E-state index is 14.2. The molecule has 0 spiro atoms. The first kappa shape index (κ1) is 31.5. The van der Waals surface area contributed by atoms with Crippen molar-refractivity contribution in [2.45, 2.75) is 19.6 Å². The highest BCUT2D eigenvalue weighted by Gasteiger charge is 2.35. The van der Waals surface area contributed by atoms with Crippen LogP contribution in [0.15, 0.2) is 117 Å². The number of nitrogens with zero attached hydrogens (tertiary/aromatic N) is 2. The third-order valence-corrected chi connectivity index (χ3v) is 9.16. The summed E-state index contributed by atoms with van der Waals surface area (Å²) in [6.07, 6.45) is 1.79. The molecule has 0 aliphatic carbocycles. The third kappa shape index (κ3) is 6.44. The van der Waals surface area contributed by atoms with Crippen molar-refractivity contribution >= 4 is 56.6 Å². The van der Waals surface area contributed by atoms with E-state index in [-0.39, 0.29) is 12.2 Å². The van der Waals surface area contributed by atoms with Crippen LogP contribution in [0, 0.1) is 0 Å². The zero-order chi connectivity index (χ0) is 32.2. The zero-order valence-corrected chi connectivity index (χ0v) is 28.1. The second-order valence-corrected chi connectivity index (χ2v) is 12.6. The van der Waals surface area contributed by atoms with E-state index in [1.807, 2.05) is 97.1 Å². The Bertz CT molecular complexity index is 2110. The van der Waals surface area contributed by atoms with E-state index in [1.165, 1.54) is 11.3 Å². The summed E-state index contributed by atoms with van der Waals surface area (Å²) in [6, 6.07) is 29.3. The molecule has 0 fully saturated rings. The van der Waals surface area contributed by atoms with Gasteiger partial charge in [0.1, 0.15) is 6.61 Å². The molecule has 7 nitrogen and oxygen atoms in total. The number of benzene rings is 4. The summed E-state index contributed by atoms with van der Waals surface area (Å²) in [7, 11) is 1.57. The molecule has 0 radical (unpaired) electrons. The van der Waals surface area contributed by atoms with Crippen LogP contribution in [0.4, 0.5) is 0 Å². The van der Waals surface area contributed by atoms with E-state index in [2.05, 4.69) is 15.9 Å². The molecule has 1 aliphatic heterocycles. The van der Waals surface area contributed by atoms with Gasteiger partial charge in [-0.25, -0.2) is 9.79 Å². The Kier molecular flexibility index (Phi) is 9.53. The molecule has 10 heteroatoms. The van der Waals surface area contributed by atoms with Gasteiger partial charge in [0.05, 0.1) is 40.0 Å². The van der Waals surface area contributed by atoms with Crippen LogP contribution in [0.25, 0.3) is 11.8 Å². The molecule has 1 atom stereocenters. The lowest BCUT2D eigenvalue weighted by Crippen LogP contribution is -2.39. The summed E-state index contributed by atoms with van der Waals surface area (Å²) in [5.74, 6) is 0.517. The topological polar surface area (TPSA) is 79.1 Å². The molecule has 0 saturated heterocycles. The number of thiazole rings is 1. The number of rotatable bonds is 9. The van der Waals surface area contributed by atoms with Gasteiger partial charge in [-0.2, -0.15) is 0 Å². The van der Waals surface area contributed by atoms with Crippen molar-refractivity contribution in [1.82, 2.24) is 4.57 Å². The fraction of sp³-hybridized carbons (Fsp3) is 0.139. The predicted octanol–water partition coefficient (Wildman–Crippen LogP) is 6.94. The SMILES string of the molecule is CCOC(=O)C1=C(c2ccccc2)N=c2s/c(=C\c3cc(Br)c(OCc4ccc(Cl)cc4)c(OC)c3)c(=O)n2[C@H]1c1ccccc1. The minimum Gasteiger partial charge on any atom is -0.493 e. The summed E-state index contributed by atoms with van der Waals surface area (Å²) in [5.41, 5.74) is 3.72. The van der Waals surface area contributed by atoms with Crippen LogP contribution >= 0.6 is 38.9 Å². The summed E-state index contributed by atoms with van der Waals surface area (Å²) in [6.45, 7) is 2.26. The summed E-state index contributed by atoms with van der Waals surface area (Å²) in [5, 5.41) is 0.653. The van der Waals surface area contributed by atoms with E-state index >= 15 is 0 Å². The van der Waals surface area contributed by atoms with Crippen LogP contribution in [0.2, 0.25) is 5.02 Å². The number of halogens is 2. The largest absolute Gasteiger partial charge is 0.493 e. The number of carbonyl (C=O) groups excluding carboxylic acids is 1. The first-order valence-corrected chi connectivity index (χ1v) is 16.4. The third-order valence-electron chi connectivity index (χ3n) is 7.33. The number of aromatic nitrogens is 1. The van der Waals surface area contributed by atoms with Gasteiger partial charge in [0, 0.05) is 10.6 Å². The Morgan fingerprint density at radius 1 is 1.02 bits per heavy atom. The molecule has 5 aromatic rings. The fourth-order valence-electron chi connectivity index (χ4n) is 5.24. The molecule has 0 bridgehead atoms. The van der Waals surface area contributed by atoms with Crippen molar-refractivity contribution in [2.75, 3.05) is 13.7 Å². The first-order valence-electron chi connectivity index (χ1n) is 14.5. The lowest BCUT2D eigenvalue weighted by Gasteiger charge is -2.25. The van der Waals surface area contributed by atoms with E-state index in [9.17, 15) is 9.59 Å². The van der Waals surface area contributed by atoms with Crippen LogP contribution in [-0.4, -0.2) is 24.3 Å². The average Bonchev–Trinajstić information content (AvgIpc) is 3.38. The van der Waals surface area contributed by atoms with Gasteiger partial charge in [-0.3, -0.25) is 9.36 Å². The van der Waals surface area contributed by atoms with Gasteiger partial charge < -0.3 is 14.2 Å². The van der Waals surface area contributed by atoms with Gasteiger partial charge in [0.25, 0.3) is 5.56 Å². The van der Waals surface area contributed by atoms with Crippen LogP contribution < -0.4 is 24.4 Å². The molecular formula is C36H28BrClN2O5S. The number of carbonyl (C=O) groups is 1. The second-order valence-electron chi connectivity index (χ2n) is 10.3. The molecular weight excluding hydrogens is 688 g/mol. The summed E-state index contributed by atoms with van der Waals surface area (Å²) >= 11 is 10.9. The number of hydrogen-bond donors (Lipinski definition) is 0. The fourth-order valence-corrected chi connectivity index (χ4v) is 6.94. The molecule has 46 heavy (non-hydrogen) atoms. The zero-order valence-electron chi connectivity index (χ0n) is 24.9. The minimum atomic E-state index is -0.737. The standard InChI is InChI=1S/C36H28BrClN2O5S/c1-3-44-35(42)30-31(24-10-6-4-7-11-24)39-36-40(32(30)25-12-8-5-9-13-25)34(41)29(46-36)20-23-18-27(37)33(28(19-23)43-2)45-21-22-14-16-26(38)17-15-22/h4-20,32H,3,21H2,1-2H3/b29-20-/t32-/m0/s1. The van der Waals surface area contributed by atoms with Crippen molar-refractivity contribution in [3.8, 4) is 11.5 Å². The summed E-state index contributed by atoms with van der Waals surface area (Å²) in [4.78, 5) is 33.2. The van der Waals surface area contributed by atoms with Gasteiger partial charge >= 0.3 is 5.97 Å². The molecule has 4 aromatic carbocycles. The maximum atomic E-state index is 14.2. The van der Waals surface area contributed by atoms with Crippen LogP contribution in [0.1, 0.15) is 35.2 Å². The van der Waals surface area contributed by atoms with Gasteiger partial charge in [0.15, 0.2) is 16.3 Å². The molecule has 2 heterocycles. The Balaban J connectivity index is 1.48. The quantitative estimate of drug-likeness (QED) is 0.155. The van der Waals surface area contributed by atoms with Crippen LogP contribution in [0.3, 0.4) is 0 Å². The highest BCUT2D eigenvalue weighted by atomic mass is 79.9. The van der Waals surface area contributed by atoms with Gasteiger partial charge in [0.2, 0.25) is 0 Å². The van der Waals surface area contributed by atoms with Crippen LogP contribution in [-0.2, 0) is 16.1 Å². The molecule has 0 saturated carbocycles. The first-order chi connectivity index (χ1) is 22.4. The van der Waals surface area contributed by atoms with E-state index in [0.717, 1.165) is 22.3 Å². The lowest BCUT2D eigenvalue weighted by atomic mass is 9.93. The molecule has 232 valence electrons. The van der Waals surface area contributed by atoms with Crippen molar-refractivity contribution in [1.29, 1.82) is 0 Å². The van der Waals surface area contributed by atoms with Gasteiger partial charge in [-0.15, -0.1) is 0 Å². The van der Waals surface area contributed by atoms with E-state index in [0.29, 0.717) is 48.2 Å². The molecule has 0 N–H and O–H groups in total. The lowest BCUT2D eigenvalue weighted by molar-refractivity contribution is -0.138. The predicted molar refractivity (Wildman–Crippen MR) is 184 cm³/mol. The normalized spacial score (nSPS) is 14.4. The molecule has 1 aliphatic rings. The molecule has 0 unspecified atom stereocenters. The van der Waals surface area contributed by atoms with E-state index < -0.39 is 12.0 Å². The van der Waals surface area contributed by atoms with Crippen molar-refractivity contribution < 1.29 is 19.0 Å². The summed E-state index contributed by atoms with van der Waals surface area (Å²) < 4.78 is 20.0. The smallest absolute Gasteiger partial charge is 0.338 e. The monoisotopic (exact) mass is 714 g/mol. The molecule has 1 aromatic heterocycles. The van der Waals surface area contributed by atoms with Crippen LogP contribution in [0.5, 0.6) is 11.5 Å². The van der Waals surface area contributed by atoms with Gasteiger partial charge in [-0.05, 0) is 69.9 Å². The molecule has 0 amide bonds. The Morgan fingerprint density at radius 3 is 2.39 bits per heavy atom. The number of fused-ring (bicyclic) bond motifs is 1. The van der Waals surface area contributed by atoms with Crippen molar-refractivity contribution in [3.05, 3.63) is 154 Å². The highest BCUT2D eigenvalue weighted by Crippen LogP contribution is 2.38.